The highest BCUT2D eigenvalue weighted by Crippen LogP contribution is 2.41. The van der Waals surface area contributed by atoms with E-state index in [1.807, 2.05) is 6.92 Å². The van der Waals surface area contributed by atoms with Gasteiger partial charge in [0.15, 0.2) is 5.82 Å². The molecule has 1 aromatic rings. The maximum Gasteiger partial charge on any atom is 0.151 e. The van der Waals surface area contributed by atoms with E-state index in [-0.39, 0.29) is 0 Å². The standard InChI is InChI=1S/C13H23N5/c1-10-14-12(16-15-10)4-5-18-7-11-6-17(3)8-13(11,2)9-18/h11H,4-9H2,1-3H3,(H,14,15,16)/t11-,13+/m1/s1. The van der Waals surface area contributed by atoms with E-state index in [4.69, 9.17) is 0 Å². The number of aryl methyl sites for hydroxylation is 1. The predicted octanol–water partition coefficient (Wildman–Crippen LogP) is 0.539. The molecule has 100 valence electrons. The lowest BCUT2D eigenvalue weighted by atomic mass is 9.83. The molecule has 0 unspecified atom stereocenters. The second-order valence-electron chi connectivity index (χ2n) is 6.37. The number of hydrogen-bond acceptors (Lipinski definition) is 4. The predicted molar refractivity (Wildman–Crippen MR) is 70.4 cm³/mol. The van der Waals surface area contributed by atoms with Gasteiger partial charge in [-0.1, -0.05) is 6.92 Å². The first-order valence-corrected chi connectivity index (χ1v) is 6.84. The Labute approximate surface area is 109 Å². The van der Waals surface area contributed by atoms with Gasteiger partial charge >= 0.3 is 0 Å². The van der Waals surface area contributed by atoms with Gasteiger partial charge < -0.3 is 9.80 Å². The molecule has 2 atom stereocenters. The monoisotopic (exact) mass is 249 g/mol. The Morgan fingerprint density at radius 1 is 1.39 bits per heavy atom. The van der Waals surface area contributed by atoms with Gasteiger partial charge in [-0.3, -0.25) is 5.10 Å². The minimum Gasteiger partial charge on any atom is -0.305 e. The fraction of sp³-hybridized carbons (Fsp3) is 0.846. The van der Waals surface area contributed by atoms with Crippen molar-refractivity contribution in [2.75, 3.05) is 39.8 Å². The summed E-state index contributed by atoms with van der Waals surface area (Å²) in [5.41, 5.74) is 0.504. The molecule has 0 radical (unpaired) electrons. The van der Waals surface area contributed by atoms with Gasteiger partial charge in [-0.15, -0.1) is 0 Å². The first kappa shape index (κ1) is 12.1. The van der Waals surface area contributed by atoms with E-state index in [2.05, 4.69) is 39.0 Å². The Morgan fingerprint density at radius 3 is 2.89 bits per heavy atom. The Kier molecular flexibility index (Phi) is 2.90. The average molecular weight is 249 g/mol. The van der Waals surface area contributed by atoms with Gasteiger partial charge in [0, 0.05) is 39.1 Å². The van der Waals surface area contributed by atoms with Gasteiger partial charge in [-0.25, -0.2) is 4.98 Å². The Balaban J connectivity index is 1.54. The number of rotatable bonds is 3. The maximum atomic E-state index is 4.37. The molecule has 18 heavy (non-hydrogen) atoms. The van der Waals surface area contributed by atoms with Crippen LogP contribution in [-0.4, -0.2) is 64.8 Å². The lowest BCUT2D eigenvalue weighted by molar-refractivity contribution is 0.244. The van der Waals surface area contributed by atoms with Gasteiger partial charge in [0.1, 0.15) is 5.82 Å². The smallest absolute Gasteiger partial charge is 0.151 e. The molecule has 2 saturated heterocycles. The normalized spacial score (nSPS) is 33.2. The van der Waals surface area contributed by atoms with Crippen LogP contribution in [-0.2, 0) is 6.42 Å². The summed E-state index contributed by atoms with van der Waals surface area (Å²) in [6.07, 6.45) is 0.961. The largest absolute Gasteiger partial charge is 0.305 e. The van der Waals surface area contributed by atoms with Gasteiger partial charge in [0.2, 0.25) is 0 Å². The average Bonchev–Trinajstić information content (AvgIpc) is 2.87. The van der Waals surface area contributed by atoms with Crippen LogP contribution in [0.15, 0.2) is 0 Å². The molecule has 5 nitrogen and oxygen atoms in total. The van der Waals surface area contributed by atoms with E-state index in [0.717, 1.165) is 30.5 Å². The summed E-state index contributed by atoms with van der Waals surface area (Å²) in [5.74, 6) is 2.71. The summed E-state index contributed by atoms with van der Waals surface area (Å²) in [4.78, 5) is 9.43. The molecule has 5 heteroatoms. The number of aromatic nitrogens is 3. The highest BCUT2D eigenvalue weighted by atomic mass is 15.2. The molecular formula is C13H23N5. The van der Waals surface area contributed by atoms with Crippen molar-refractivity contribution in [1.29, 1.82) is 0 Å². The number of fused-ring (bicyclic) bond motifs is 1. The third kappa shape index (κ3) is 2.17. The zero-order valence-corrected chi connectivity index (χ0v) is 11.6. The first-order chi connectivity index (χ1) is 8.55. The fourth-order valence-corrected chi connectivity index (χ4v) is 3.68. The first-order valence-electron chi connectivity index (χ1n) is 6.84. The molecule has 2 aliphatic heterocycles. The van der Waals surface area contributed by atoms with Crippen LogP contribution < -0.4 is 0 Å². The van der Waals surface area contributed by atoms with Gasteiger partial charge in [0.25, 0.3) is 0 Å². The number of H-pyrrole nitrogens is 1. The van der Waals surface area contributed by atoms with E-state index in [1.54, 1.807) is 0 Å². The topological polar surface area (TPSA) is 48.1 Å². The minimum absolute atomic E-state index is 0.504. The van der Waals surface area contributed by atoms with Crippen LogP contribution in [0.3, 0.4) is 0 Å². The van der Waals surface area contributed by atoms with Crippen LogP contribution in [0.2, 0.25) is 0 Å². The zero-order chi connectivity index (χ0) is 12.8. The van der Waals surface area contributed by atoms with E-state index in [9.17, 15) is 0 Å². The quantitative estimate of drug-likeness (QED) is 0.849. The van der Waals surface area contributed by atoms with Gasteiger partial charge in [-0.2, -0.15) is 5.10 Å². The Hall–Kier alpha value is -0.940. The summed E-state index contributed by atoms with van der Waals surface area (Å²) in [7, 11) is 2.24. The van der Waals surface area contributed by atoms with Crippen molar-refractivity contribution in [2.24, 2.45) is 11.3 Å². The number of likely N-dealkylation sites (tertiary alicyclic amines) is 2. The van der Waals surface area contributed by atoms with Crippen molar-refractivity contribution >= 4 is 0 Å². The second kappa shape index (κ2) is 4.31. The van der Waals surface area contributed by atoms with Crippen molar-refractivity contribution in [1.82, 2.24) is 25.0 Å². The maximum absolute atomic E-state index is 4.37. The minimum atomic E-state index is 0.504. The summed E-state index contributed by atoms with van der Waals surface area (Å²) in [6, 6.07) is 0. The molecule has 2 fully saturated rings. The SMILES string of the molecule is Cc1nc(CCN2C[C@H]3CN(C)C[C@@]3(C)C2)n[nH]1. The molecular weight excluding hydrogens is 226 g/mol. The van der Waals surface area contributed by atoms with Crippen molar-refractivity contribution < 1.29 is 0 Å². The molecule has 1 N–H and O–H groups in total. The highest BCUT2D eigenvalue weighted by molar-refractivity contribution is 5.01. The van der Waals surface area contributed by atoms with Crippen molar-refractivity contribution in [3.05, 3.63) is 11.6 Å². The van der Waals surface area contributed by atoms with Crippen molar-refractivity contribution in [2.45, 2.75) is 20.3 Å². The Morgan fingerprint density at radius 2 is 2.22 bits per heavy atom. The molecule has 3 heterocycles. The molecule has 1 aromatic heterocycles. The number of hydrogen-bond donors (Lipinski definition) is 1. The molecule has 0 saturated carbocycles. The molecule has 0 aliphatic carbocycles. The van der Waals surface area contributed by atoms with Crippen molar-refractivity contribution in [3.63, 3.8) is 0 Å². The van der Waals surface area contributed by atoms with Crippen LogP contribution in [0.5, 0.6) is 0 Å². The summed E-state index contributed by atoms with van der Waals surface area (Å²) in [6.45, 7) is 10.5. The lowest BCUT2D eigenvalue weighted by Gasteiger charge is -2.23. The summed E-state index contributed by atoms with van der Waals surface area (Å²) < 4.78 is 0. The second-order valence-corrected chi connectivity index (χ2v) is 6.37. The molecule has 3 rings (SSSR count). The zero-order valence-electron chi connectivity index (χ0n) is 11.6. The van der Waals surface area contributed by atoms with E-state index in [1.165, 1.54) is 26.2 Å². The summed E-state index contributed by atoms with van der Waals surface area (Å²) >= 11 is 0. The molecule has 2 aliphatic rings. The van der Waals surface area contributed by atoms with Crippen LogP contribution >= 0.6 is 0 Å². The molecule has 0 spiro atoms. The van der Waals surface area contributed by atoms with E-state index >= 15 is 0 Å². The lowest BCUT2D eigenvalue weighted by Crippen LogP contribution is -2.32. The number of nitrogens with zero attached hydrogens (tertiary/aromatic N) is 4. The highest BCUT2D eigenvalue weighted by Gasteiger charge is 2.47. The third-order valence-corrected chi connectivity index (χ3v) is 4.51. The van der Waals surface area contributed by atoms with Gasteiger partial charge in [0.05, 0.1) is 0 Å². The fourth-order valence-electron chi connectivity index (χ4n) is 3.68. The van der Waals surface area contributed by atoms with Crippen LogP contribution in [0, 0.1) is 18.3 Å². The molecule has 0 aromatic carbocycles. The van der Waals surface area contributed by atoms with Gasteiger partial charge in [-0.05, 0) is 25.3 Å². The van der Waals surface area contributed by atoms with Crippen LogP contribution in [0.4, 0.5) is 0 Å². The Bertz CT molecular complexity index is 429. The summed E-state index contributed by atoms with van der Waals surface area (Å²) in [5, 5.41) is 7.12. The molecule has 0 amide bonds. The van der Waals surface area contributed by atoms with Crippen LogP contribution in [0.25, 0.3) is 0 Å². The number of nitrogens with one attached hydrogen (secondary N) is 1. The number of aromatic amines is 1. The molecule has 0 bridgehead atoms. The van der Waals surface area contributed by atoms with E-state index in [0.29, 0.717) is 5.41 Å². The van der Waals surface area contributed by atoms with E-state index < -0.39 is 0 Å². The third-order valence-electron chi connectivity index (χ3n) is 4.51. The van der Waals surface area contributed by atoms with Crippen LogP contribution in [0.1, 0.15) is 18.6 Å². The van der Waals surface area contributed by atoms with Crippen molar-refractivity contribution in [3.8, 4) is 0 Å².